The number of fused-ring (bicyclic) bond motifs is 2. The summed E-state index contributed by atoms with van der Waals surface area (Å²) in [6.07, 6.45) is -0.293. The Labute approximate surface area is 159 Å². The largest absolute Gasteiger partial charge is 0.480 e. The molecule has 4 N–H and O–H groups in total. The van der Waals surface area contributed by atoms with Crippen LogP contribution in [0.5, 0.6) is 0 Å². The van der Waals surface area contributed by atoms with Gasteiger partial charge in [0, 0.05) is 24.2 Å². The second-order valence-corrected chi connectivity index (χ2v) is 6.48. The van der Waals surface area contributed by atoms with Crippen molar-refractivity contribution in [1.29, 1.82) is 0 Å². The maximum absolute atomic E-state index is 12.8. The summed E-state index contributed by atoms with van der Waals surface area (Å²) in [6, 6.07) is 10.5. The highest BCUT2D eigenvalue weighted by atomic mass is 16.4. The van der Waals surface area contributed by atoms with E-state index in [0.717, 1.165) is 0 Å². The predicted molar refractivity (Wildman–Crippen MR) is 104 cm³/mol. The number of primary amides is 1. The molecule has 8 nitrogen and oxygen atoms in total. The van der Waals surface area contributed by atoms with Crippen molar-refractivity contribution in [2.24, 2.45) is 12.8 Å². The average molecular weight is 381 g/mol. The van der Waals surface area contributed by atoms with Crippen LogP contribution < -0.4 is 16.5 Å². The molecule has 1 unspecified atom stereocenters. The minimum absolute atomic E-state index is 0.122. The van der Waals surface area contributed by atoms with Crippen molar-refractivity contribution in [3.05, 3.63) is 58.3 Å². The number of nitrogens with one attached hydrogen (secondary N) is 1. The lowest BCUT2D eigenvalue weighted by molar-refractivity contribution is -0.139. The average Bonchev–Trinajstić information content (AvgIpc) is 2.68. The van der Waals surface area contributed by atoms with E-state index in [4.69, 9.17) is 5.73 Å². The van der Waals surface area contributed by atoms with Crippen LogP contribution in [0.25, 0.3) is 21.8 Å². The number of hydrogen-bond acceptors (Lipinski definition) is 4. The Morgan fingerprint density at radius 2 is 1.79 bits per heavy atom. The maximum atomic E-state index is 12.8. The van der Waals surface area contributed by atoms with Crippen molar-refractivity contribution in [1.82, 2.24) is 9.88 Å². The lowest BCUT2D eigenvalue weighted by Crippen LogP contribution is -2.41. The first-order valence-corrected chi connectivity index (χ1v) is 8.63. The molecule has 3 aromatic rings. The zero-order valence-electron chi connectivity index (χ0n) is 15.1. The molecule has 0 aliphatic carbocycles. The van der Waals surface area contributed by atoms with E-state index in [1.54, 1.807) is 48.0 Å². The van der Waals surface area contributed by atoms with E-state index >= 15 is 0 Å². The number of aromatic nitrogens is 1. The van der Waals surface area contributed by atoms with E-state index in [9.17, 15) is 24.3 Å². The van der Waals surface area contributed by atoms with Crippen molar-refractivity contribution >= 4 is 39.6 Å². The number of aliphatic carboxylic acids is 1. The molecule has 1 atom stereocenters. The number of nitrogens with zero attached hydrogens (tertiary/aromatic N) is 1. The Kier molecular flexibility index (Phi) is 5.12. The van der Waals surface area contributed by atoms with Gasteiger partial charge in [0.25, 0.3) is 5.91 Å². The van der Waals surface area contributed by atoms with Crippen LogP contribution in [-0.2, 0) is 16.6 Å². The first-order valence-electron chi connectivity index (χ1n) is 8.63. The molecule has 28 heavy (non-hydrogen) atoms. The number of para-hydroxylation sites is 2. The van der Waals surface area contributed by atoms with E-state index in [2.05, 4.69) is 5.32 Å². The molecule has 0 bridgehead atoms. The molecule has 1 heterocycles. The number of aryl methyl sites for hydroxylation is 1. The van der Waals surface area contributed by atoms with Gasteiger partial charge in [-0.05, 0) is 30.7 Å². The molecule has 0 fully saturated rings. The highest BCUT2D eigenvalue weighted by Crippen LogP contribution is 2.21. The second-order valence-electron chi connectivity index (χ2n) is 6.48. The molecule has 0 spiro atoms. The molecule has 8 heteroatoms. The van der Waals surface area contributed by atoms with E-state index in [0.29, 0.717) is 21.8 Å². The molecule has 144 valence electrons. The van der Waals surface area contributed by atoms with Gasteiger partial charge in [0.2, 0.25) is 5.91 Å². The molecule has 0 saturated carbocycles. The van der Waals surface area contributed by atoms with Crippen LogP contribution in [0, 0.1) is 0 Å². The number of carbonyl (C=O) groups is 3. The van der Waals surface area contributed by atoms with Crippen molar-refractivity contribution in [2.45, 2.75) is 18.9 Å². The predicted octanol–water partition coefficient (Wildman–Crippen LogP) is 1.14. The number of nitrogens with two attached hydrogens (primary N) is 1. The van der Waals surface area contributed by atoms with Crippen LogP contribution >= 0.6 is 0 Å². The van der Waals surface area contributed by atoms with Crippen molar-refractivity contribution in [3.8, 4) is 0 Å². The van der Waals surface area contributed by atoms with Gasteiger partial charge in [-0.3, -0.25) is 14.4 Å². The van der Waals surface area contributed by atoms with E-state index in [-0.39, 0.29) is 23.8 Å². The SMILES string of the molecule is Cn1c2ccccc2c(=O)c2cccc(C(=O)NC(CCC(N)=O)C(=O)O)c21. The van der Waals surface area contributed by atoms with Gasteiger partial charge in [-0.1, -0.05) is 18.2 Å². The van der Waals surface area contributed by atoms with Crippen molar-refractivity contribution in [3.63, 3.8) is 0 Å². The van der Waals surface area contributed by atoms with Crippen LogP contribution in [0.15, 0.2) is 47.3 Å². The molecular formula is C20H19N3O5. The zero-order chi connectivity index (χ0) is 20.4. The number of hydrogen-bond donors (Lipinski definition) is 3. The first kappa shape index (κ1) is 19.1. The molecule has 3 rings (SSSR count). The quantitative estimate of drug-likeness (QED) is 0.551. The summed E-state index contributed by atoms with van der Waals surface area (Å²) < 4.78 is 1.74. The maximum Gasteiger partial charge on any atom is 0.326 e. The normalized spacial score (nSPS) is 12.0. The van der Waals surface area contributed by atoms with E-state index < -0.39 is 23.8 Å². The number of benzene rings is 2. The van der Waals surface area contributed by atoms with Gasteiger partial charge in [0.1, 0.15) is 6.04 Å². The van der Waals surface area contributed by atoms with E-state index in [1.165, 1.54) is 6.07 Å². The minimum atomic E-state index is -1.27. The first-order chi connectivity index (χ1) is 13.3. The fourth-order valence-electron chi connectivity index (χ4n) is 3.27. The summed E-state index contributed by atoms with van der Waals surface area (Å²) in [5.41, 5.74) is 6.09. The van der Waals surface area contributed by atoms with Crippen LogP contribution in [-0.4, -0.2) is 33.5 Å². The number of carboxylic acids is 1. The molecule has 0 saturated heterocycles. The fourth-order valence-corrected chi connectivity index (χ4v) is 3.27. The molecule has 2 aromatic carbocycles. The van der Waals surface area contributed by atoms with Crippen LogP contribution in [0.3, 0.4) is 0 Å². The van der Waals surface area contributed by atoms with Gasteiger partial charge >= 0.3 is 5.97 Å². The Morgan fingerprint density at radius 1 is 1.11 bits per heavy atom. The lowest BCUT2D eigenvalue weighted by atomic mass is 10.0. The third-order valence-corrected chi connectivity index (χ3v) is 4.65. The standard InChI is InChI=1S/C20H19N3O5/c1-23-15-8-3-2-5-11(15)18(25)12-6-4-7-13(17(12)23)19(26)22-14(20(27)28)9-10-16(21)24/h2-8,14H,9-10H2,1H3,(H2,21,24)(H,22,26)(H,27,28). The molecule has 0 radical (unpaired) electrons. The Balaban J connectivity index is 2.10. The number of carboxylic acid groups (broad SMARTS) is 1. The van der Waals surface area contributed by atoms with Gasteiger partial charge in [0.15, 0.2) is 5.43 Å². The zero-order valence-corrected chi connectivity index (χ0v) is 15.1. The third kappa shape index (κ3) is 3.44. The summed E-state index contributed by atoms with van der Waals surface area (Å²) >= 11 is 0. The smallest absolute Gasteiger partial charge is 0.326 e. The summed E-state index contributed by atoms with van der Waals surface area (Å²) in [6.45, 7) is 0. The lowest BCUT2D eigenvalue weighted by Gasteiger charge is -2.17. The van der Waals surface area contributed by atoms with Gasteiger partial charge in [-0.25, -0.2) is 4.79 Å². The second kappa shape index (κ2) is 7.51. The minimum Gasteiger partial charge on any atom is -0.480 e. The van der Waals surface area contributed by atoms with Gasteiger partial charge in [0.05, 0.1) is 16.6 Å². The number of amides is 2. The highest BCUT2D eigenvalue weighted by molar-refractivity contribution is 6.08. The number of rotatable bonds is 6. The third-order valence-electron chi connectivity index (χ3n) is 4.65. The van der Waals surface area contributed by atoms with Gasteiger partial charge in [-0.2, -0.15) is 0 Å². The van der Waals surface area contributed by atoms with Crippen molar-refractivity contribution < 1.29 is 19.5 Å². The Bertz CT molecular complexity index is 1170. The molecule has 1 aromatic heterocycles. The Morgan fingerprint density at radius 3 is 2.46 bits per heavy atom. The van der Waals surface area contributed by atoms with Crippen molar-refractivity contribution in [2.75, 3.05) is 0 Å². The summed E-state index contributed by atoms with van der Waals surface area (Å²) in [5, 5.41) is 12.6. The van der Waals surface area contributed by atoms with Crippen LogP contribution in [0.2, 0.25) is 0 Å². The summed E-state index contributed by atoms with van der Waals surface area (Å²) in [5.74, 6) is -2.57. The highest BCUT2D eigenvalue weighted by Gasteiger charge is 2.23. The monoisotopic (exact) mass is 381 g/mol. The topological polar surface area (TPSA) is 131 Å². The number of pyridine rings is 1. The molecular weight excluding hydrogens is 362 g/mol. The van der Waals surface area contributed by atoms with Gasteiger partial charge in [-0.15, -0.1) is 0 Å². The summed E-state index contributed by atoms with van der Waals surface area (Å²) in [4.78, 5) is 48.0. The molecule has 2 amide bonds. The van der Waals surface area contributed by atoms with Crippen LogP contribution in [0.1, 0.15) is 23.2 Å². The van der Waals surface area contributed by atoms with Crippen LogP contribution in [0.4, 0.5) is 0 Å². The van der Waals surface area contributed by atoms with E-state index in [1.807, 2.05) is 0 Å². The number of carbonyl (C=O) groups excluding carboxylic acids is 2. The Hall–Kier alpha value is -3.68. The molecule has 0 aliphatic rings. The molecule has 0 aliphatic heterocycles. The van der Waals surface area contributed by atoms with Gasteiger partial charge < -0.3 is 20.7 Å². The summed E-state index contributed by atoms with van der Waals surface area (Å²) in [7, 11) is 1.74. The fraction of sp³-hybridized carbons (Fsp3) is 0.200.